The fraction of sp³-hybridized carbons (Fsp3) is 0.417. The van der Waals surface area contributed by atoms with Gasteiger partial charge in [-0.2, -0.15) is 0 Å². The highest BCUT2D eigenvalue weighted by Gasteiger charge is 2.50. The summed E-state index contributed by atoms with van der Waals surface area (Å²) in [5.74, 6) is -0.0111. The number of nitrogens with zero attached hydrogens (tertiary/aromatic N) is 2. The highest BCUT2D eigenvalue weighted by Crippen LogP contribution is 2.47. The van der Waals surface area contributed by atoms with Crippen LogP contribution in [0.3, 0.4) is 0 Å². The third kappa shape index (κ3) is 2.89. The van der Waals surface area contributed by atoms with E-state index >= 15 is 0 Å². The number of anilines is 2. The lowest BCUT2D eigenvalue weighted by Gasteiger charge is -2.48. The topological polar surface area (TPSA) is 64.7 Å². The van der Waals surface area contributed by atoms with E-state index in [0.29, 0.717) is 13.0 Å². The van der Waals surface area contributed by atoms with Crippen LogP contribution in [0.2, 0.25) is 0 Å². The molecule has 1 saturated carbocycles. The molecule has 2 N–H and O–H groups in total. The van der Waals surface area contributed by atoms with Crippen LogP contribution < -0.4 is 15.5 Å². The number of urea groups is 1. The Kier molecular flexibility index (Phi) is 4.36. The smallest absolute Gasteiger partial charge is 0.322 e. The molecule has 0 bridgehead atoms. The number of hydrogen-bond acceptors (Lipinski definition) is 3. The zero-order valence-electron chi connectivity index (χ0n) is 17.6. The molecule has 6 nitrogen and oxygen atoms in total. The summed E-state index contributed by atoms with van der Waals surface area (Å²) in [4.78, 5) is 29.0. The number of amides is 3. The van der Waals surface area contributed by atoms with Crippen LogP contribution >= 0.6 is 0 Å². The van der Waals surface area contributed by atoms with E-state index in [0.717, 1.165) is 42.6 Å². The molecule has 0 unspecified atom stereocenters. The zero-order valence-corrected chi connectivity index (χ0v) is 17.6. The minimum Gasteiger partial charge on any atom is -0.330 e. The molecule has 2 aromatic carbocycles. The van der Waals surface area contributed by atoms with Gasteiger partial charge in [0.2, 0.25) is 5.91 Å². The molecule has 156 valence electrons. The van der Waals surface area contributed by atoms with Crippen molar-refractivity contribution in [2.45, 2.75) is 43.2 Å². The summed E-state index contributed by atoms with van der Waals surface area (Å²) in [7, 11) is 4.31. The summed E-state index contributed by atoms with van der Waals surface area (Å²) in [6, 6.07) is 16.4. The van der Waals surface area contributed by atoms with Crippen molar-refractivity contribution in [1.82, 2.24) is 10.2 Å². The fourth-order valence-electron chi connectivity index (χ4n) is 5.56. The Morgan fingerprint density at radius 1 is 0.933 bits per heavy atom. The van der Waals surface area contributed by atoms with Gasteiger partial charge in [0, 0.05) is 16.8 Å². The molecule has 0 aromatic heterocycles. The van der Waals surface area contributed by atoms with E-state index in [-0.39, 0.29) is 23.0 Å². The first-order valence-corrected chi connectivity index (χ1v) is 10.7. The molecule has 6 heteroatoms. The second kappa shape index (κ2) is 6.84. The lowest BCUT2D eigenvalue weighted by atomic mass is 9.69. The Balaban J connectivity index is 1.40. The Morgan fingerprint density at radius 2 is 1.67 bits per heavy atom. The lowest BCUT2D eigenvalue weighted by Crippen LogP contribution is -2.54. The summed E-state index contributed by atoms with van der Waals surface area (Å²) >= 11 is 0. The zero-order chi connectivity index (χ0) is 20.9. The third-order valence-electron chi connectivity index (χ3n) is 7.33. The standard InChI is InChI=1S/C24H28N4O2/c1-27(2)24(17-7-4-3-5-8-17)13-11-23(12-14-24)16-28(22(30)26-23)20-10-6-9-19-18(20)15-21(29)25-19/h3-10H,11-16H2,1-2H3,(H,25,29)(H,26,30). The average Bonchev–Trinajstić information content (AvgIpc) is 3.28. The average molecular weight is 405 g/mol. The Hall–Kier alpha value is -2.86. The van der Waals surface area contributed by atoms with Gasteiger partial charge in [-0.05, 0) is 57.5 Å². The molecule has 0 atom stereocenters. The molecule has 0 radical (unpaired) electrons. The first kappa shape index (κ1) is 19.1. The van der Waals surface area contributed by atoms with Crippen molar-refractivity contribution < 1.29 is 9.59 Å². The predicted octanol–water partition coefficient (Wildman–Crippen LogP) is 3.48. The van der Waals surface area contributed by atoms with Gasteiger partial charge in [-0.15, -0.1) is 0 Å². The van der Waals surface area contributed by atoms with Gasteiger partial charge in [-0.25, -0.2) is 4.79 Å². The minimum atomic E-state index is -0.218. The van der Waals surface area contributed by atoms with Gasteiger partial charge in [0.15, 0.2) is 0 Å². The second-order valence-corrected chi connectivity index (χ2v) is 9.12. The van der Waals surface area contributed by atoms with Crippen LogP contribution in [0.1, 0.15) is 36.8 Å². The Labute approximate surface area is 177 Å². The van der Waals surface area contributed by atoms with Crippen LogP contribution in [-0.4, -0.2) is 43.0 Å². The van der Waals surface area contributed by atoms with E-state index < -0.39 is 0 Å². The van der Waals surface area contributed by atoms with Gasteiger partial charge < -0.3 is 10.6 Å². The van der Waals surface area contributed by atoms with Crippen LogP contribution in [0, 0.1) is 0 Å². The minimum absolute atomic E-state index is 0.00497. The van der Waals surface area contributed by atoms with Gasteiger partial charge in [-0.3, -0.25) is 14.6 Å². The fourth-order valence-corrected chi connectivity index (χ4v) is 5.56. The van der Waals surface area contributed by atoms with E-state index in [1.165, 1.54) is 5.56 Å². The lowest BCUT2D eigenvalue weighted by molar-refractivity contribution is -0.115. The van der Waals surface area contributed by atoms with Crippen LogP contribution in [0.15, 0.2) is 48.5 Å². The first-order chi connectivity index (χ1) is 14.4. The quantitative estimate of drug-likeness (QED) is 0.823. The predicted molar refractivity (Wildman–Crippen MR) is 118 cm³/mol. The highest BCUT2D eigenvalue weighted by atomic mass is 16.2. The van der Waals surface area contributed by atoms with E-state index in [1.54, 1.807) is 0 Å². The van der Waals surface area contributed by atoms with Gasteiger partial charge >= 0.3 is 6.03 Å². The van der Waals surface area contributed by atoms with Crippen LogP contribution in [0.5, 0.6) is 0 Å². The van der Waals surface area contributed by atoms with E-state index in [1.807, 2.05) is 23.1 Å². The second-order valence-electron chi connectivity index (χ2n) is 9.12. The van der Waals surface area contributed by atoms with Crippen LogP contribution in [0.4, 0.5) is 16.2 Å². The number of rotatable bonds is 3. The summed E-state index contributed by atoms with van der Waals surface area (Å²) in [5.41, 5.74) is 3.73. The SMILES string of the molecule is CN(C)C1(c2ccccc2)CCC2(CC1)CN(c1cccc3c1CC(=O)N3)C(=O)N2. The number of carbonyl (C=O) groups is 2. The van der Waals surface area contributed by atoms with E-state index in [4.69, 9.17) is 0 Å². The summed E-state index contributed by atoms with van der Waals surface area (Å²) in [6.45, 7) is 0.648. The highest BCUT2D eigenvalue weighted by molar-refractivity contribution is 6.04. The molecule has 3 amide bonds. The molecular formula is C24H28N4O2. The van der Waals surface area contributed by atoms with Crippen molar-refractivity contribution in [2.75, 3.05) is 30.9 Å². The molecule has 1 saturated heterocycles. The van der Waals surface area contributed by atoms with Crippen molar-refractivity contribution in [3.8, 4) is 0 Å². The molecule has 1 spiro atoms. The number of fused-ring (bicyclic) bond motifs is 1. The van der Waals surface area contributed by atoms with Crippen LogP contribution in [0.25, 0.3) is 0 Å². The van der Waals surface area contributed by atoms with Crippen molar-refractivity contribution in [1.29, 1.82) is 0 Å². The molecule has 5 rings (SSSR count). The molecule has 30 heavy (non-hydrogen) atoms. The van der Waals surface area contributed by atoms with Gasteiger partial charge in [0.1, 0.15) is 0 Å². The molecule has 1 aliphatic carbocycles. The number of nitrogens with one attached hydrogen (secondary N) is 2. The van der Waals surface area contributed by atoms with Gasteiger partial charge in [0.05, 0.1) is 24.2 Å². The third-order valence-corrected chi connectivity index (χ3v) is 7.33. The largest absolute Gasteiger partial charge is 0.330 e. The maximum atomic E-state index is 13.0. The van der Waals surface area contributed by atoms with Gasteiger partial charge in [0.25, 0.3) is 0 Å². The number of carbonyl (C=O) groups excluding carboxylic acids is 2. The summed E-state index contributed by atoms with van der Waals surface area (Å²) in [6.07, 6.45) is 4.17. The van der Waals surface area contributed by atoms with Crippen molar-refractivity contribution >= 4 is 23.3 Å². The van der Waals surface area contributed by atoms with E-state index in [9.17, 15) is 9.59 Å². The molecule has 2 aromatic rings. The number of benzene rings is 2. The molecule has 2 fully saturated rings. The first-order valence-electron chi connectivity index (χ1n) is 10.7. The van der Waals surface area contributed by atoms with Crippen molar-refractivity contribution in [2.24, 2.45) is 0 Å². The molecular weight excluding hydrogens is 376 g/mol. The molecule has 2 heterocycles. The van der Waals surface area contributed by atoms with Crippen molar-refractivity contribution in [3.63, 3.8) is 0 Å². The maximum Gasteiger partial charge on any atom is 0.322 e. The summed E-state index contributed by atoms with van der Waals surface area (Å²) < 4.78 is 0. The Morgan fingerprint density at radius 3 is 2.37 bits per heavy atom. The van der Waals surface area contributed by atoms with Crippen LogP contribution in [-0.2, 0) is 16.8 Å². The monoisotopic (exact) mass is 404 g/mol. The summed E-state index contributed by atoms with van der Waals surface area (Å²) in [5, 5.41) is 6.20. The molecule has 2 aliphatic heterocycles. The van der Waals surface area contributed by atoms with E-state index in [2.05, 4.69) is 60.0 Å². The molecule has 3 aliphatic rings. The normalized spacial score (nSPS) is 28.0. The number of hydrogen-bond donors (Lipinski definition) is 2. The van der Waals surface area contributed by atoms with Crippen molar-refractivity contribution in [3.05, 3.63) is 59.7 Å². The van der Waals surface area contributed by atoms with Gasteiger partial charge in [-0.1, -0.05) is 36.4 Å². The maximum absolute atomic E-state index is 13.0. The Bertz CT molecular complexity index is 994.